The van der Waals surface area contributed by atoms with Gasteiger partial charge in [-0.3, -0.25) is 43.5 Å². The van der Waals surface area contributed by atoms with E-state index in [1.807, 2.05) is 60.8 Å². The molecule has 7 unspecified atom stereocenters. The molecular weight excluding hydrogens is 1110 g/mol. The molecule has 3 aromatic carbocycles. The standard InChI is InChI=1S/C11H12N2O2.C9H11NO3.C9H11NO2.2C6H14N4O2.C6H9N3O2.C6H14N2O2/c12-9(11(14)15)5-7-6-13-10-4-2-1-3-8(7)10;10-8(9(12)13)5-6-1-3-7(11)4-2-6;10-8(9(11)12)6-7-4-2-1-3-5-7;2*7-4(5(11)12)2-1-3-10-6(8)9;7-5(6(10)11)1-4-2-8-3-9-4;7-4-2-1-3-5(8)6(9)10/h1-4,6,9,13H,5,12H2,(H,14,15);1-4,8,11H,5,10H2,(H,12,13);1-5,8H,6,10H2,(H,11,12);2*4H,1-3,7H2,(H,11,12)(H4,8,9,10);2-3,5H,1,7H2,(H,8,9)(H,10,11);5H,1-4,7-8H2,(H,9,10). The molecule has 0 saturated carbocycles. The maximum absolute atomic E-state index is 10.6. The number of unbranched alkanes of at least 4 members (excludes halogenated alkanes) is 1. The molecule has 0 aliphatic carbocycles. The summed E-state index contributed by atoms with van der Waals surface area (Å²) in [4.78, 5) is 89.2. The topological polar surface area (TPSA) is 663 Å². The number of hydrogen-bond donors (Lipinski definition) is 22. The number of H-pyrrole nitrogens is 2. The second kappa shape index (κ2) is 45.3. The van der Waals surface area contributed by atoms with E-state index in [-0.39, 0.29) is 30.5 Å². The third-order valence-electron chi connectivity index (χ3n) is 10.9. The molecule has 0 amide bonds. The van der Waals surface area contributed by atoms with Gasteiger partial charge < -0.3 is 120 Å². The van der Waals surface area contributed by atoms with Crippen molar-refractivity contribution < 1.29 is 74.4 Å². The smallest absolute Gasteiger partial charge is 0.320 e. The van der Waals surface area contributed by atoms with E-state index in [2.05, 4.69) is 24.9 Å². The highest BCUT2D eigenvalue weighted by molar-refractivity contribution is 5.84. The number of carboxylic acids is 7. The molecule has 0 bridgehead atoms. The number of nitrogens with zero attached hydrogens (tertiary/aromatic N) is 3. The lowest BCUT2D eigenvalue weighted by atomic mass is 10.1. The number of guanidine groups is 2. The number of carbonyl (C=O) groups is 7. The summed E-state index contributed by atoms with van der Waals surface area (Å²) >= 11 is 0. The number of phenolic OH excluding ortho intramolecular Hbond substituents is 1. The Labute approximate surface area is 489 Å². The monoisotopic (exact) mass is 1200 g/mol. The molecule has 0 radical (unpaired) electrons. The molecule has 0 saturated heterocycles. The zero-order chi connectivity index (χ0) is 65.0. The van der Waals surface area contributed by atoms with E-state index in [0.29, 0.717) is 64.6 Å². The van der Waals surface area contributed by atoms with Crippen LogP contribution >= 0.6 is 0 Å². The Balaban J connectivity index is 0. The summed E-state index contributed by atoms with van der Waals surface area (Å²) in [5.41, 5.74) is 66.9. The zero-order valence-corrected chi connectivity index (χ0v) is 46.9. The van der Waals surface area contributed by atoms with Crippen molar-refractivity contribution in [3.05, 3.63) is 120 Å². The number of nitrogens with one attached hydrogen (secondary N) is 2. The Hall–Kier alpha value is -9.28. The number of para-hydroxylation sites is 1. The molecule has 472 valence electrons. The van der Waals surface area contributed by atoms with Crippen molar-refractivity contribution in [1.82, 2.24) is 15.0 Å². The van der Waals surface area contributed by atoms with Gasteiger partial charge in [-0.1, -0.05) is 67.1 Å². The summed E-state index contributed by atoms with van der Waals surface area (Å²) in [6.07, 6.45) is 10.2. The van der Waals surface area contributed by atoms with Gasteiger partial charge in [-0.25, -0.2) is 4.98 Å². The molecule has 5 rings (SSSR count). The second-order valence-corrected chi connectivity index (χ2v) is 18.2. The molecule has 0 aliphatic heterocycles. The second-order valence-electron chi connectivity index (χ2n) is 18.2. The molecule has 0 spiro atoms. The van der Waals surface area contributed by atoms with Crippen LogP contribution < -0.4 is 68.8 Å². The SMILES string of the molecule is NC(Cc1c[nH]c2ccccc12)C(=O)O.NC(Cc1ccc(O)cc1)C(=O)O.NC(Cc1ccccc1)C(=O)O.NC(Cc1cnc[nH]1)C(=O)O.NC(N)=NCCCC(N)C(=O)O.NC(N)=NCCCC(N)C(=O)O.NCCCCC(N)C(=O)O. The third-order valence-corrected chi connectivity index (χ3v) is 10.9. The van der Waals surface area contributed by atoms with E-state index in [4.69, 9.17) is 110 Å². The number of phenols is 1. The van der Waals surface area contributed by atoms with Gasteiger partial charge >= 0.3 is 41.8 Å². The fourth-order valence-corrected chi connectivity index (χ4v) is 6.19. The number of hydrogen-bond acceptors (Lipinski definition) is 19. The molecule has 2 heterocycles. The third kappa shape index (κ3) is 40.5. The zero-order valence-electron chi connectivity index (χ0n) is 46.9. The largest absolute Gasteiger partial charge is 0.508 e. The number of fused-ring (bicyclic) bond motifs is 1. The predicted octanol–water partition coefficient (Wildman–Crippen LogP) is -2.09. The molecule has 7 atom stereocenters. The number of aromatic nitrogens is 3. The molecular formula is C53H85N17O15. The Bertz CT molecular complexity index is 2700. The minimum atomic E-state index is -1.02. The van der Waals surface area contributed by atoms with Gasteiger partial charge in [0, 0.05) is 54.9 Å². The first kappa shape index (κ1) is 77.8. The van der Waals surface area contributed by atoms with Crippen LogP contribution in [0.5, 0.6) is 5.75 Å². The minimum Gasteiger partial charge on any atom is -0.508 e. The van der Waals surface area contributed by atoms with Crippen LogP contribution in [0.15, 0.2) is 108 Å². The van der Waals surface area contributed by atoms with Crippen molar-refractivity contribution in [3.8, 4) is 5.75 Å². The maximum atomic E-state index is 10.6. The summed E-state index contributed by atoms with van der Waals surface area (Å²) in [5.74, 6) is -6.70. The fourth-order valence-electron chi connectivity index (χ4n) is 6.19. The van der Waals surface area contributed by atoms with Crippen molar-refractivity contribution in [2.45, 2.75) is 113 Å². The highest BCUT2D eigenvalue weighted by Gasteiger charge is 2.16. The van der Waals surface area contributed by atoms with Crippen molar-refractivity contribution in [2.24, 2.45) is 78.8 Å². The van der Waals surface area contributed by atoms with Crippen LogP contribution in [0.4, 0.5) is 0 Å². The maximum Gasteiger partial charge on any atom is 0.320 e. The number of aromatic amines is 2. The van der Waals surface area contributed by atoms with Crippen LogP contribution in [0.2, 0.25) is 0 Å². The molecule has 0 aliphatic rings. The van der Waals surface area contributed by atoms with Gasteiger partial charge in [-0.05, 0) is 92.8 Å². The number of aliphatic carboxylic acids is 7. The Kier molecular flexibility index (Phi) is 41.4. The molecule has 32 nitrogen and oxygen atoms in total. The van der Waals surface area contributed by atoms with Gasteiger partial charge in [0.25, 0.3) is 0 Å². The first-order valence-electron chi connectivity index (χ1n) is 26.0. The molecule has 32 heteroatoms. The number of aromatic hydroxyl groups is 1. The lowest BCUT2D eigenvalue weighted by Gasteiger charge is -2.05. The van der Waals surface area contributed by atoms with E-state index >= 15 is 0 Å². The number of benzene rings is 3. The highest BCUT2D eigenvalue weighted by atomic mass is 16.4. The van der Waals surface area contributed by atoms with Crippen LogP contribution in [0.25, 0.3) is 10.9 Å². The average Bonchev–Trinajstić information content (AvgIpc) is 4.32. The lowest BCUT2D eigenvalue weighted by molar-refractivity contribution is -0.139. The number of nitrogens with two attached hydrogens (primary N) is 12. The van der Waals surface area contributed by atoms with Crippen LogP contribution in [0.1, 0.15) is 67.3 Å². The first-order valence-corrected chi connectivity index (χ1v) is 26.0. The average molecular weight is 1200 g/mol. The molecule has 34 N–H and O–H groups in total. The quantitative estimate of drug-likeness (QED) is 0.0152. The van der Waals surface area contributed by atoms with Crippen LogP contribution in [0.3, 0.4) is 0 Å². The molecule has 5 aromatic rings. The van der Waals surface area contributed by atoms with Gasteiger partial charge in [0.1, 0.15) is 48.0 Å². The fraction of sp³-hybridized carbons (Fsp3) is 0.396. The number of aliphatic imine (C=N–C) groups is 2. The number of rotatable bonds is 27. The summed E-state index contributed by atoms with van der Waals surface area (Å²) in [7, 11) is 0. The summed E-state index contributed by atoms with van der Waals surface area (Å²) in [6, 6.07) is 17.7. The Morgan fingerprint density at radius 3 is 1.25 bits per heavy atom. The van der Waals surface area contributed by atoms with Crippen molar-refractivity contribution >= 4 is 64.6 Å². The predicted molar refractivity (Wildman–Crippen MR) is 318 cm³/mol. The highest BCUT2D eigenvalue weighted by Crippen LogP contribution is 2.19. The summed E-state index contributed by atoms with van der Waals surface area (Å²) in [6.45, 7) is 1.44. The first-order chi connectivity index (χ1) is 39.9. The van der Waals surface area contributed by atoms with Gasteiger partial charge in [-0.2, -0.15) is 0 Å². The number of carboxylic acid groups (broad SMARTS) is 7. The molecule has 2 aromatic heterocycles. The molecule has 85 heavy (non-hydrogen) atoms. The number of imidazole rings is 1. The summed E-state index contributed by atoms with van der Waals surface area (Å²) < 4.78 is 0. The van der Waals surface area contributed by atoms with E-state index in [1.165, 1.54) is 18.5 Å². The lowest BCUT2D eigenvalue weighted by Crippen LogP contribution is -2.32. The van der Waals surface area contributed by atoms with Crippen LogP contribution in [-0.2, 0) is 59.2 Å². The van der Waals surface area contributed by atoms with Gasteiger partial charge in [-0.15, -0.1) is 0 Å². The van der Waals surface area contributed by atoms with Gasteiger partial charge in [0.05, 0.1) is 6.33 Å². The Morgan fingerprint density at radius 2 is 0.847 bits per heavy atom. The van der Waals surface area contributed by atoms with Crippen LogP contribution in [-0.4, -0.2) is 171 Å². The van der Waals surface area contributed by atoms with E-state index in [0.717, 1.165) is 46.1 Å². The van der Waals surface area contributed by atoms with Gasteiger partial charge in [0.15, 0.2) is 11.9 Å². The molecule has 0 fully saturated rings. The Morgan fingerprint density at radius 1 is 0.459 bits per heavy atom. The normalized spacial score (nSPS) is 12.5. The van der Waals surface area contributed by atoms with Crippen LogP contribution in [0, 0.1) is 0 Å². The van der Waals surface area contributed by atoms with E-state index < -0.39 is 84.1 Å². The van der Waals surface area contributed by atoms with E-state index in [1.54, 1.807) is 18.3 Å². The van der Waals surface area contributed by atoms with Crippen molar-refractivity contribution in [1.29, 1.82) is 0 Å². The minimum absolute atomic E-state index is 0.0129. The van der Waals surface area contributed by atoms with Crippen molar-refractivity contribution in [2.75, 3.05) is 19.6 Å². The van der Waals surface area contributed by atoms with E-state index in [9.17, 15) is 33.6 Å². The van der Waals surface area contributed by atoms with Gasteiger partial charge in [0.2, 0.25) is 0 Å². The summed E-state index contributed by atoms with van der Waals surface area (Å²) in [5, 5.41) is 69.3. The van der Waals surface area contributed by atoms with Crippen molar-refractivity contribution in [3.63, 3.8) is 0 Å².